The van der Waals surface area contributed by atoms with E-state index in [1.54, 1.807) is 0 Å². The SMILES string of the molecule is CCOc1ccccc1NC(=O)CN1CCN(Cc2cccc3ccccc23)CC1. The minimum atomic E-state index is 0.00431. The van der Waals surface area contributed by atoms with Crippen LogP contribution < -0.4 is 10.1 Å². The van der Waals surface area contributed by atoms with Crippen LogP contribution in [0, 0.1) is 0 Å². The van der Waals surface area contributed by atoms with Gasteiger partial charge in [-0.05, 0) is 35.4 Å². The molecule has 0 saturated carbocycles. The van der Waals surface area contributed by atoms with Crippen LogP contribution in [-0.2, 0) is 11.3 Å². The molecule has 1 N–H and O–H groups in total. The average Bonchev–Trinajstić information content (AvgIpc) is 2.77. The monoisotopic (exact) mass is 403 g/mol. The van der Waals surface area contributed by atoms with Gasteiger partial charge in [0.15, 0.2) is 0 Å². The van der Waals surface area contributed by atoms with Crippen LogP contribution in [0.3, 0.4) is 0 Å². The summed E-state index contributed by atoms with van der Waals surface area (Å²) < 4.78 is 5.59. The van der Waals surface area contributed by atoms with Crippen LogP contribution in [0.1, 0.15) is 12.5 Å². The molecule has 1 aliphatic rings. The van der Waals surface area contributed by atoms with Crippen LogP contribution >= 0.6 is 0 Å². The molecule has 1 aliphatic heterocycles. The van der Waals surface area contributed by atoms with Gasteiger partial charge in [-0.25, -0.2) is 0 Å². The van der Waals surface area contributed by atoms with Crippen molar-refractivity contribution >= 4 is 22.4 Å². The Morgan fingerprint density at radius 1 is 0.900 bits per heavy atom. The van der Waals surface area contributed by atoms with E-state index in [2.05, 4.69) is 57.6 Å². The highest BCUT2D eigenvalue weighted by molar-refractivity contribution is 5.93. The molecule has 30 heavy (non-hydrogen) atoms. The number of fused-ring (bicyclic) bond motifs is 1. The topological polar surface area (TPSA) is 44.8 Å². The Kier molecular flexibility index (Phi) is 6.62. The summed E-state index contributed by atoms with van der Waals surface area (Å²) in [5.74, 6) is 0.720. The van der Waals surface area contributed by atoms with Crippen molar-refractivity contribution in [2.45, 2.75) is 13.5 Å². The normalized spacial score (nSPS) is 15.2. The maximum absolute atomic E-state index is 12.5. The molecule has 5 heteroatoms. The van der Waals surface area contributed by atoms with E-state index in [-0.39, 0.29) is 5.91 Å². The number of piperazine rings is 1. The van der Waals surface area contributed by atoms with E-state index < -0.39 is 0 Å². The van der Waals surface area contributed by atoms with Gasteiger partial charge in [0.05, 0.1) is 18.8 Å². The van der Waals surface area contributed by atoms with E-state index in [0.29, 0.717) is 18.9 Å². The van der Waals surface area contributed by atoms with Crippen LogP contribution in [0.5, 0.6) is 5.75 Å². The molecule has 4 rings (SSSR count). The number of carbonyl (C=O) groups is 1. The molecule has 0 aromatic heterocycles. The largest absolute Gasteiger partial charge is 0.492 e. The second-order valence-corrected chi connectivity index (χ2v) is 7.67. The van der Waals surface area contributed by atoms with Crippen LogP contribution in [0.25, 0.3) is 10.8 Å². The Hall–Kier alpha value is -2.89. The van der Waals surface area contributed by atoms with Gasteiger partial charge >= 0.3 is 0 Å². The summed E-state index contributed by atoms with van der Waals surface area (Å²) in [7, 11) is 0. The Balaban J connectivity index is 1.29. The van der Waals surface area contributed by atoms with Gasteiger partial charge in [0.1, 0.15) is 5.75 Å². The molecular formula is C25H29N3O2. The third kappa shape index (κ3) is 4.99. The first-order valence-corrected chi connectivity index (χ1v) is 10.7. The quantitative estimate of drug-likeness (QED) is 0.648. The van der Waals surface area contributed by atoms with E-state index in [1.165, 1.54) is 16.3 Å². The Morgan fingerprint density at radius 3 is 2.43 bits per heavy atom. The summed E-state index contributed by atoms with van der Waals surface area (Å²) in [5, 5.41) is 5.61. The minimum absolute atomic E-state index is 0.00431. The smallest absolute Gasteiger partial charge is 0.238 e. The zero-order chi connectivity index (χ0) is 20.8. The number of benzene rings is 3. The number of nitrogens with zero attached hydrogens (tertiary/aromatic N) is 2. The number of amides is 1. The molecule has 0 atom stereocenters. The number of carbonyl (C=O) groups excluding carboxylic acids is 1. The highest BCUT2D eigenvalue weighted by Gasteiger charge is 2.20. The second-order valence-electron chi connectivity index (χ2n) is 7.67. The Morgan fingerprint density at radius 2 is 1.60 bits per heavy atom. The highest BCUT2D eigenvalue weighted by atomic mass is 16.5. The fraction of sp³-hybridized carbons (Fsp3) is 0.320. The van der Waals surface area contributed by atoms with Crippen LogP contribution in [0.15, 0.2) is 66.7 Å². The lowest BCUT2D eigenvalue weighted by molar-refractivity contribution is -0.117. The number of rotatable bonds is 7. The summed E-state index contributed by atoms with van der Waals surface area (Å²) in [5.41, 5.74) is 2.10. The molecule has 1 heterocycles. The highest BCUT2D eigenvalue weighted by Crippen LogP contribution is 2.24. The van der Waals surface area contributed by atoms with E-state index in [0.717, 1.165) is 38.4 Å². The van der Waals surface area contributed by atoms with Crippen molar-refractivity contribution in [3.63, 3.8) is 0 Å². The van der Waals surface area contributed by atoms with Crippen molar-refractivity contribution < 1.29 is 9.53 Å². The van der Waals surface area contributed by atoms with Crippen molar-refractivity contribution in [1.82, 2.24) is 9.80 Å². The van der Waals surface area contributed by atoms with Gasteiger partial charge in [0, 0.05) is 32.7 Å². The molecule has 0 aliphatic carbocycles. The zero-order valence-corrected chi connectivity index (χ0v) is 17.5. The maximum atomic E-state index is 12.5. The van der Waals surface area contributed by atoms with Gasteiger partial charge in [0.2, 0.25) is 5.91 Å². The third-order valence-corrected chi connectivity index (χ3v) is 5.57. The number of para-hydroxylation sites is 2. The predicted octanol–water partition coefficient (Wildman–Crippen LogP) is 3.99. The van der Waals surface area contributed by atoms with E-state index >= 15 is 0 Å². The molecule has 0 bridgehead atoms. The molecule has 0 radical (unpaired) electrons. The lowest BCUT2D eigenvalue weighted by Gasteiger charge is -2.34. The van der Waals surface area contributed by atoms with Crippen LogP contribution in [0.4, 0.5) is 5.69 Å². The summed E-state index contributed by atoms with van der Waals surface area (Å²) in [6.45, 7) is 7.59. The molecule has 3 aromatic rings. The molecule has 3 aromatic carbocycles. The van der Waals surface area contributed by atoms with Gasteiger partial charge in [-0.1, -0.05) is 54.6 Å². The molecule has 1 fully saturated rings. The maximum Gasteiger partial charge on any atom is 0.238 e. The van der Waals surface area contributed by atoms with Gasteiger partial charge in [0.25, 0.3) is 0 Å². The summed E-state index contributed by atoms with van der Waals surface area (Å²) >= 11 is 0. The predicted molar refractivity (Wildman–Crippen MR) is 122 cm³/mol. The van der Waals surface area contributed by atoms with Crippen LogP contribution in [0.2, 0.25) is 0 Å². The molecule has 1 amide bonds. The van der Waals surface area contributed by atoms with Crippen LogP contribution in [-0.4, -0.2) is 55.0 Å². The van der Waals surface area contributed by atoms with Gasteiger partial charge in [-0.3, -0.25) is 14.6 Å². The summed E-state index contributed by atoms with van der Waals surface area (Å²) in [4.78, 5) is 17.2. The van der Waals surface area contributed by atoms with Crippen molar-refractivity contribution in [2.75, 3.05) is 44.6 Å². The first kappa shape index (κ1) is 20.4. The molecule has 0 unspecified atom stereocenters. The fourth-order valence-electron chi connectivity index (χ4n) is 4.02. The van der Waals surface area contributed by atoms with Crippen molar-refractivity contribution in [2.24, 2.45) is 0 Å². The Labute approximate surface area is 178 Å². The Bertz CT molecular complexity index is 991. The first-order chi connectivity index (χ1) is 14.7. The van der Waals surface area contributed by atoms with E-state index in [9.17, 15) is 4.79 Å². The number of nitrogens with one attached hydrogen (secondary N) is 1. The molecular weight excluding hydrogens is 374 g/mol. The lowest BCUT2D eigenvalue weighted by Crippen LogP contribution is -2.48. The molecule has 156 valence electrons. The molecule has 0 spiro atoms. The second kappa shape index (κ2) is 9.74. The lowest BCUT2D eigenvalue weighted by atomic mass is 10.0. The van der Waals surface area contributed by atoms with Gasteiger partial charge in [-0.2, -0.15) is 0 Å². The minimum Gasteiger partial charge on any atom is -0.492 e. The van der Waals surface area contributed by atoms with E-state index in [1.807, 2.05) is 31.2 Å². The number of ether oxygens (including phenoxy) is 1. The zero-order valence-electron chi connectivity index (χ0n) is 17.5. The third-order valence-electron chi connectivity index (χ3n) is 5.57. The number of hydrogen-bond donors (Lipinski definition) is 1. The number of hydrogen-bond acceptors (Lipinski definition) is 4. The van der Waals surface area contributed by atoms with Gasteiger partial charge < -0.3 is 10.1 Å². The first-order valence-electron chi connectivity index (χ1n) is 10.7. The standard InChI is InChI=1S/C25H29N3O2/c1-2-30-24-13-6-5-12-23(24)26-25(29)19-28-16-14-27(15-17-28)18-21-10-7-9-20-8-3-4-11-22(20)21/h3-13H,2,14-19H2,1H3,(H,26,29). The molecule has 5 nitrogen and oxygen atoms in total. The summed E-state index contributed by atoms with van der Waals surface area (Å²) in [6, 6.07) is 22.7. The summed E-state index contributed by atoms with van der Waals surface area (Å²) in [6.07, 6.45) is 0. The van der Waals surface area contributed by atoms with Crippen molar-refractivity contribution in [1.29, 1.82) is 0 Å². The number of anilines is 1. The van der Waals surface area contributed by atoms with E-state index in [4.69, 9.17) is 4.74 Å². The van der Waals surface area contributed by atoms with Gasteiger partial charge in [-0.15, -0.1) is 0 Å². The van der Waals surface area contributed by atoms with Crippen molar-refractivity contribution in [3.8, 4) is 5.75 Å². The van der Waals surface area contributed by atoms with Crippen molar-refractivity contribution in [3.05, 3.63) is 72.3 Å². The molecule has 1 saturated heterocycles. The average molecular weight is 404 g/mol. The fourth-order valence-corrected chi connectivity index (χ4v) is 4.02.